The van der Waals surface area contributed by atoms with Crippen LogP contribution in [0.15, 0.2) is 0 Å². The molecule has 0 radical (unpaired) electrons. The van der Waals surface area contributed by atoms with E-state index in [1.165, 1.54) is 6.92 Å². The number of nitrogens with two attached hydrogens (primary N) is 1. The summed E-state index contributed by atoms with van der Waals surface area (Å²) in [6.07, 6.45) is -10.5. The van der Waals surface area contributed by atoms with Crippen LogP contribution in [0.1, 0.15) is 39.0 Å². The smallest absolute Gasteiger partial charge is 0.364 e. The number of hydrogen-bond donors (Lipinski definition) is 9. The van der Waals surface area contributed by atoms with Crippen LogP contribution in [0.2, 0.25) is 0 Å². The van der Waals surface area contributed by atoms with Gasteiger partial charge in [-0.25, -0.2) is 4.79 Å². The van der Waals surface area contributed by atoms with Gasteiger partial charge in [-0.1, -0.05) is 0 Å². The molecule has 216 valence electrons. The van der Waals surface area contributed by atoms with E-state index in [-0.39, 0.29) is 13.0 Å². The number of hydrogen-bond acceptors (Lipinski definition) is 13. The molecule has 0 bridgehead atoms. The molecular formula is C22H40N2O13. The molecule has 0 spiro atoms. The van der Waals surface area contributed by atoms with Gasteiger partial charge in [0.2, 0.25) is 5.91 Å². The minimum absolute atomic E-state index is 0.193. The highest BCUT2D eigenvalue weighted by molar-refractivity contribution is 5.76. The minimum atomic E-state index is -2.50. The normalized spacial score (nSPS) is 36.1. The molecule has 2 rings (SSSR count). The molecule has 15 heteroatoms. The first-order valence-corrected chi connectivity index (χ1v) is 12.3. The molecule has 2 heterocycles. The predicted octanol–water partition coefficient (Wildman–Crippen LogP) is -3.87. The fourth-order valence-electron chi connectivity index (χ4n) is 4.30. The Kier molecular flexibility index (Phi) is 12.5. The van der Waals surface area contributed by atoms with Crippen molar-refractivity contribution in [3.05, 3.63) is 0 Å². The quantitative estimate of drug-likeness (QED) is 0.0956. The second-order valence-corrected chi connectivity index (χ2v) is 9.33. The summed E-state index contributed by atoms with van der Waals surface area (Å²) in [5, 5.41) is 72.8. The highest BCUT2D eigenvalue weighted by Crippen LogP contribution is 2.34. The number of carboxylic acids is 1. The number of carbonyl (C=O) groups excluding carboxylic acids is 1. The first-order valence-electron chi connectivity index (χ1n) is 12.3. The molecule has 0 aromatic heterocycles. The van der Waals surface area contributed by atoms with Crippen molar-refractivity contribution in [1.29, 1.82) is 0 Å². The minimum Gasteiger partial charge on any atom is -0.477 e. The van der Waals surface area contributed by atoms with E-state index in [9.17, 15) is 40.2 Å². The van der Waals surface area contributed by atoms with Crippen LogP contribution in [0, 0.1) is 0 Å². The molecule has 0 aliphatic carbocycles. The lowest BCUT2D eigenvalue weighted by Gasteiger charge is -2.45. The Morgan fingerprint density at radius 2 is 1.86 bits per heavy atom. The van der Waals surface area contributed by atoms with Crippen LogP contribution >= 0.6 is 0 Å². The van der Waals surface area contributed by atoms with Crippen LogP contribution in [-0.4, -0.2) is 135 Å². The number of carbonyl (C=O) groups is 2. The second-order valence-electron chi connectivity index (χ2n) is 9.33. The second kappa shape index (κ2) is 14.6. The summed E-state index contributed by atoms with van der Waals surface area (Å²) < 4.78 is 22.3. The van der Waals surface area contributed by atoms with Crippen LogP contribution < -0.4 is 11.1 Å². The average molecular weight is 541 g/mol. The van der Waals surface area contributed by atoms with Gasteiger partial charge in [-0.3, -0.25) is 4.79 Å². The Labute approximate surface area is 214 Å². The van der Waals surface area contributed by atoms with Crippen molar-refractivity contribution < 1.29 is 64.3 Å². The molecule has 15 nitrogen and oxygen atoms in total. The molecule has 37 heavy (non-hydrogen) atoms. The van der Waals surface area contributed by atoms with Crippen molar-refractivity contribution in [2.75, 3.05) is 26.4 Å². The molecule has 1 amide bonds. The van der Waals surface area contributed by atoms with Crippen molar-refractivity contribution >= 4 is 11.9 Å². The van der Waals surface area contributed by atoms with E-state index in [0.29, 0.717) is 13.0 Å². The molecular weight excluding hydrogens is 500 g/mol. The van der Waals surface area contributed by atoms with Crippen LogP contribution in [0.4, 0.5) is 0 Å². The third-order valence-electron chi connectivity index (χ3n) is 6.32. The highest BCUT2D eigenvalue weighted by Gasteiger charge is 2.53. The zero-order valence-electron chi connectivity index (χ0n) is 20.7. The van der Waals surface area contributed by atoms with Gasteiger partial charge >= 0.3 is 5.97 Å². The van der Waals surface area contributed by atoms with Gasteiger partial charge in [-0.2, -0.15) is 0 Å². The SMILES string of the molecule is CC(=O)N[C@H]1C(O)[C@H](O)C(CO[C@]2(C(=O)O)C[C@@H](O)CC([C@H](O)[C@H](O)CO)O2)O[C@H]1OCCCCCN. The van der Waals surface area contributed by atoms with Crippen LogP contribution in [0.3, 0.4) is 0 Å². The number of ether oxygens (including phenoxy) is 4. The van der Waals surface area contributed by atoms with Crippen molar-refractivity contribution in [2.45, 2.75) is 99.9 Å². The first kappa shape index (κ1) is 31.7. The fourth-order valence-corrected chi connectivity index (χ4v) is 4.30. The average Bonchev–Trinajstić information content (AvgIpc) is 2.85. The van der Waals surface area contributed by atoms with Gasteiger partial charge in [-0.05, 0) is 25.8 Å². The lowest BCUT2D eigenvalue weighted by molar-refractivity contribution is -0.326. The lowest BCUT2D eigenvalue weighted by atomic mass is 9.93. The summed E-state index contributed by atoms with van der Waals surface area (Å²) in [7, 11) is 0. The van der Waals surface area contributed by atoms with Gasteiger partial charge in [-0.15, -0.1) is 0 Å². The van der Waals surface area contributed by atoms with Crippen molar-refractivity contribution in [3.8, 4) is 0 Å². The van der Waals surface area contributed by atoms with Crippen LogP contribution in [0.25, 0.3) is 0 Å². The maximum absolute atomic E-state index is 12.1. The third-order valence-corrected chi connectivity index (χ3v) is 6.32. The molecule has 0 aromatic rings. The number of nitrogens with one attached hydrogen (secondary N) is 1. The number of aliphatic carboxylic acids is 1. The molecule has 0 aromatic carbocycles. The van der Waals surface area contributed by atoms with E-state index in [1.807, 2.05) is 0 Å². The van der Waals surface area contributed by atoms with E-state index in [2.05, 4.69) is 5.32 Å². The van der Waals surface area contributed by atoms with E-state index in [1.54, 1.807) is 0 Å². The molecule has 10 N–H and O–H groups in total. The summed E-state index contributed by atoms with van der Waals surface area (Å²) in [5.74, 6) is -4.66. The van der Waals surface area contributed by atoms with Crippen molar-refractivity contribution in [1.82, 2.24) is 5.32 Å². The van der Waals surface area contributed by atoms with Gasteiger partial charge in [0, 0.05) is 26.4 Å². The first-order chi connectivity index (χ1) is 17.5. The van der Waals surface area contributed by atoms with Gasteiger partial charge in [0.25, 0.3) is 5.79 Å². The Morgan fingerprint density at radius 1 is 1.16 bits per heavy atom. The lowest BCUT2D eigenvalue weighted by Crippen LogP contribution is -2.65. The summed E-state index contributed by atoms with van der Waals surface area (Å²) in [5.41, 5.74) is 5.47. The monoisotopic (exact) mass is 540 g/mol. The molecule has 2 saturated heterocycles. The number of unbranched alkanes of at least 4 members (excludes halogenated alkanes) is 2. The maximum atomic E-state index is 12.1. The topological polar surface area (TPSA) is 251 Å². The Morgan fingerprint density at radius 3 is 2.46 bits per heavy atom. The van der Waals surface area contributed by atoms with Gasteiger partial charge in [0.15, 0.2) is 6.29 Å². The molecule has 2 aliphatic rings. The zero-order valence-corrected chi connectivity index (χ0v) is 20.7. The standard InChI is InChI=1S/C22H40N2O13/c1-11(26)24-16-19(31)18(30)15(36-20(16)34-6-4-2-3-5-23)10-35-22(21(32)33)8-12(27)7-14(37-22)17(29)13(28)9-25/h12-20,25,27-31H,2-10,23H2,1H3,(H,24,26)(H,32,33)/t12-,13+,14?,15?,16-,17+,18+,19?,20+,22+/m0/s1. The van der Waals surface area contributed by atoms with Crippen LogP contribution in [0.5, 0.6) is 0 Å². The molecule has 2 aliphatic heterocycles. The highest BCUT2D eigenvalue weighted by atomic mass is 16.7. The van der Waals surface area contributed by atoms with E-state index >= 15 is 0 Å². The van der Waals surface area contributed by atoms with Crippen LogP contribution in [-0.2, 0) is 28.5 Å². The largest absolute Gasteiger partial charge is 0.477 e. The van der Waals surface area contributed by atoms with E-state index in [4.69, 9.17) is 29.8 Å². The molecule has 0 saturated carbocycles. The number of rotatable bonds is 14. The summed E-state index contributed by atoms with van der Waals surface area (Å²) in [6.45, 7) is 0.438. The van der Waals surface area contributed by atoms with Crippen molar-refractivity contribution in [2.24, 2.45) is 5.73 Å². The number of carboxylic acid groups (broad SMARTS) is 1. The van der Waals surface area contributed by atoms with Gasteiger partial charge < -0.3 is 65.7 Å². The molecule has 10 atom stereocenters. The summed E-state index contributed by atoms with van der Waals surface area (Å²) in [4.78, 5) is 23.8. The number of aliphatic hydroxyl groups excluding tert-OH is 6. The predicted molar refractivity (Wildman–Crippen MR) is 123 cm³/mol. The molecule has 2 fully saturated rings. The van der Waals surface area contributed by atoms with Gasteiger partial charge in [0.05, 0.1) is 25.4 Å². The fraction of sp³-hybridized carbons (Fsp3) is 0.909. The maximum Gasteiger partial charge on any atom is 0.364 e. The number of amides is 1. The van der Waals surface area contributed by atoms with E-state index < -0.39 is 92.4 Å². The zero-order chi connectivity index (χ0) is 27.8. The van der Waals surface area contributed by atoms with E-state index in [0.717, 1.165) is 12.8 Å². The Bertz CT molecular complexity index is 731. The third kappa shape index (κ3) is 8.49. The Balaban J connectivity index is 2.15. The van der Waals surface area contributed by atoms with Crippen molar-refractivity contribution in [3.63, 3.8) is 0 Å². The summed E-state index contributed by atoms with van der Waals surface area (Å²) in [6, 6.07) is -1.13. The number of aliphatic hydroxyl groups is 6. The summed E-state index contributed by atoms with van der Waals surface area (Å²) >= 11 is 0. The van der Waals surface area contributed by atoms with Gasteiger partial charge in [0.1, 0.15) is 36.6 Å². The molecule has 3 unspecified atom stereocenters. The Hall–Kier alpha value is -1.50.